The Balaban J connectivity index is 1.69. The molecule has 0 radical (unpaired) electrons. The minimum atomic E-state index is -3.46. The van der Waals surface area contributed by atoms with Gasteiger partial charge in [0.1, 0.15) is 5.82 Å². The second kappa shape index (κ2) is 7.07. The van der Waals surface area contributed by atoms with Crippen LogP contribution in [0.5, 0.6) is 0 Å². The molecule has 0 aliphatic carbocycles. The number of aliphatic hydroxyl groups excluding tert-OH is 1. The maximum atomic E-state index is 13.0. The normalized spacial score (nSPS) is 28.4. The second-order valence-corrected chi connectivity index (χ2v) is 8.69. The van der Waals surface area contributed by atoms with E-state index in [1.165, 1.54) is 19.2 Å². The molecular formula is C17H24FNO4S. The highest BCUT2D eigenvalue weighted by atomic mass is 32.2. The quantitative estimate of drug-likeness (QED) is 0.804. The summed E-state index contributed by atoms with van der Waals surface area (Å²) in [4.78, 5) is 0. The Morgan fingerprint density at radius 3 is 2.62 bits per heavy atom. The number of fused-ring (bicyclic) bond motifs is 2. The van der Waals surface area contributed by atoms with Gasteiger partial charge in [-0.3, -0.25) is 0 Å². The average molecular weight is 357 g/mol. The monoisotopic (exact) mass is 357 g/mol. The molecule has 2 fully saturated rings. The first kappa shape index (κ1) is 17.8. The number of methoxy groups -OCH3 is 1. The van der Waals surface area contributed by atoms with Crippen LogP contribution in [0.3, 0.4) is 0 Å². The minimum absolute atomic E-state index is 0.0143. The summed E-state index contributed by atoms with van der Waals surface area (Å²) in [5, 5.41) is 9.44. The van der Waals surface area contributed by atoms with Crippen LogP contribution in [0.25, 0.3) is 0 Å². The molecule has 2 heterocycles. The van der Waals surface area contributed by atoms with Crippen molar-refractivity contribution in [3.63, 3.8) is 0 Å². The predicted molar refractivity (Wildman–Crippen MR) is 88.5 cm³/mol. The molecule has 0 aromatic heterocycles. The average Bonchev–Trinajstić information content (AvgIpc) is 3.14. The largest absolute Gasteiger partial charge is 0.396 e. The Morgan fingerprint density at radius 2 is 2.04 bits per heavy atom. The summed E-state index contributed by atoms with van der Waals surface area (Å²) in [6.45, 7) is 0.0382. The molecular weight excluding hydrogens is 333 g/mol. The van der Waals surface area contributed by atoms with Gasteiger partial charge in [-0.1, -0.05) is 12.1 Å². The highest BCUT2D eigenvalue weighted by Gasteiger charge is 2.51. The van der Waals surface area contributed by atoms with Crippen LogP contribution in [0, 0.1) is 11.7 Å². The van der Waals surface area contributed by atoms with Crippen molar-refractivity contribution in [3.05, 3.63) is 35.6 Å². The summed E-state index contributed by atoms with van der Waals surface area (Å²) in [5.74, 6) is -0.355. The summed E-state index contributed by atoms with van der Waals surface area (Å²) < 4.78 is 45.7. The van der Waals surface area contributed by atoms with Gasteiger partial charge >= 0.3 is 0 Å². The van der Waals surface area contributed by atoms with E-state index in [0.29, 0.717) is 6.42 Å². The van der Waals surface area contributed by atoms with Crippen molar-refractivity contribution in [1.82, 2.24) is 4.31 Å². The second-order valence-electron chi connectivity index (χ2n) is 6.77. The van der Waals surface area contributed by atoms with Crippen molar-refractivity contribution in [2.75, 3.05) is 19.5 Å². The van der Waals surface area contributed by atoms with E-state index < -0.39 is 16.1 Å². The highest BCUT2D eigenvalue weighted by Crippen LogP contribution is 2.43. The van der Waals surface area contributed by atoms with Crippen LogP contribution in [-0.4, -0.2) is 55.5 Å². The first-order chi connectivity index (χ1) is 11.4. The zero-order chi connectivity index (χ0) is 17.3. The summed E-state index contributed by atoms with van der Waals surface area (Å²) in [6, 6.07) is 5.96. The Hall–Kier alpha value is -1.02. The number of nitrogens with zero attached hydrogens (tertiary/aromatic N) is 1. The number of halogens is 1. The van der Waals surface area contributed by atoms with Crippen molar-refractivity contribution in [2.24, 2.45) is 5.92 Å². The lowest BCUT2D eigenvalue weighted by Gasteiger charge is -2.25. The van der Waals surface area contributed by atoms with Crippen molar-refractivity contribution in [2.45, 2.75) is 43.9 Å². The third kappa shape index (κ3) is 3.49. The van der Waals surface area contributed by atoms with Crippen molar-refractivity contribution < 1.29 is 22.7 Å². The molecule has 134 valence electrons. The zero-order valence-electron chi connectivity index (χ0n) is 13.8. The molecule has 2 saturated heterocycles. The van der Waals surface area contributed by atoms with E-state index in [9.17, 15) is 17.9 Å². The van der Waals surface area contributed by atoms with Crippen LogP contribution in [0.2, 0.25) is 0 Å². The minimum Gasteiger partial charge on any atom is -0.396 e. The number of ether oxygens (including phenoxy) is 1. The Bertz CT molecular complexity index is 664. The predicted octanol–water partition coefficient (Wildman–Crippen LogP) is 1.56. The molecule has 4 unspecified atom stereocenters. The van der Waals surface area contributed by atoms with E-state index in [2.05, 4.69) is 0 Å². The molecule has 24 heavy (non-hydrogen) atoms. The molecule has 0 amide bonds. The Morgan fingerprint density at radius 1 is 1.33 bits per heavy atom. The molecule has 2 aliphatic rings. The van der Waals surface area contributed by atoms with E-state index in [1.807, 2.05) is 0 Å². The topological polar surface area (TPSA) is 66.8 Å². The fourth-order valence-electron chi connectivity index (χ4n) is 4.10. The standard InChI is InChI=1S/C17H24FNO4S/c1-23-16(8-12-2-4-14(18)5-3-12)11-24(21,22)19-15-6-7-17(19)13(9-15)10-20/h2-5,13,15-17,20H,6-11H2,1H3. The molecule has 1 aromatic rings. The Kier molecular flexibility index (Phi) is 5.24. The molecule has 0 saturated carbocycles. The number of aliphatic hydroxyl groups is 1. The first-order valence-corrected chi connectivity index (χ1v) is 9.95. The maximum absolute atomic E-state index is 13.0. The van der Waals surface area contributed by atoms with E-state index in [4.69, 9.17) is 4.74 Å². The van der Waals surface area contributed by atoms with E-state index in [1.54, 1.807) is 16.4 Å². The van der Waals surface area contributed by atoms with Gasteiger partial charge < -0.3 is 9.84 Å². The van der Waals surface area contributed by atoms with Gasteiger partial charge in [-0.2, -0.15) is 4.31 Å². The highest BCUT2D eigenvalue weighted by molar-refractivity contribution is 7.89. The van der Waals surface area contributed by atoms with Gasteiger partial charge in [-0.15, -0.1) is 0 Å². The van der Waals surface area contributed by atoms with Gasteiger partial charge in [-0.05, 0) is 43.4 Å². The third-order valence-electron chi connectivity index (χ3n) is 5.26. The van der Waals surface area contributed by atoms with E-state index in [-0.39, 0.29) is 36.2 Å². The zero-order valence-corrected chi connectivity index (χ0v) is 14.6. The Labute approximate surface area is 142 Å². The summed E-state index contributed by atoms with van der Waals surface area (Å²) >= 11 is 0. The van der Waals surface area contributed by atoms with E-state index in [0.717, 1.165) is 24.8 Å². The molecule has 2 aliphatic heterocycles. The molecule has 3 rings (SSSR count). The molecule has 1 aromatic carbocycles. The smallest absolute Gasteiger partial charge is 0.217 e. The summed E-state index contributed by atoms with van der Waals surface area (Å²) in [6.07, 6.45) is 2.38. The SMILES string of the molecule is COC(Cc1ccc(F)cc1)CS(=O)(=O)N1C2CCC1C(CO)C2. The lowest BCUT2D eigenvalue weighted by atomic mass is 9.90. The van der Waals surface area contributed by atoms with Crippen LogP contribution >= 0.6 is 0 Å². The lowest BCUT2D eigenvalue weighted by Crippen LogP contribution is -2.41. The van der Waals surface area contributed by atoms with Crippen molar-refractivity contribution in [3.8, 4) is 0 Å². The summed E-state index contributed by atoms with van der Waals surface area (Å²) in [7, 11) is -1.96. The van der Waals surface area contributed by atoms with Crippen molar-refractivity contribution >= 4 is 10.0 Å². The molecule has 0 spiro atoms. The van der Waals surface area contributed by atoms with Gasteiger partial charge in [-0.25, -0.2) is 12.8 Å². The number of sulfonamides is 1. The summed E-state index contributed by atoms with van der Waals surface area (Å²) in [5.41, 5.74) is 0.844. The third-order valence-corrected chi connectivity index (χ3v) is 7.27. The van der Waals surface area contributed by atoms with Gasteiger partial charge in [0.2, 0.25) is 10.0 Å². The van der Waals surface area contributed by atoms with Gasteiger partial charge in [0.25, 0.3) is 0 Å². The van der Waals surface area contributed by atoms with Crippen molar-refractivity contribution in [1.29, 1.82) is 0 Å². The first-order valence-electron chi connectivity index (χ1n) is 8.34. The lowest BCUT2D eigenvalue weighted by molar-refractivity contribution is 0.119. The maximum Gasteiger partial charge on any atom is 0.217 e. The number of hydrogen-bond acceptors (Lipinski definition) is 4. The van der Waals surface area contributed by atoms with Crippen LogP contribution in [0.15, 0.2) is 24.3 Å². The van der Waals surface area contributed by atoms with Crippen LogP contribution in [0.4, 0.5) is 4.39 Å². The fourth-order valence-corrected chi connectivity index (χ4v) is 6.34. The van der Waals surface area contributed by atoms with E-state index >= 15 is 0 Å². The van der Waals surface area contributed by atoms with Crippen LogP contribution < -0.4 is 0 Å². The molecule has 5 nitrogen and oxygen atoms in total. The van der Waals surface area contributed by atoms with Crippen LogP contribution in [0.1, 0.15) is 24.8 Å². The molecule has 2 bridgehead atoms. The molecule has 7 heteroatoms. The number of benzene rings is 1. The number of rotatable bonds is 7. The van der Waals surface area contributed by atoms with Crippen LogP contribution in [-0.2, 0) is 21.2 Å². The van der Waals surface area contributed by atoms with Gasteiger partial charge in [0.15, 0.2) is 0 Å². The molecule has 4 atom stereocenters. The molecule has 1 N–H and O–H groups in total. The number of hydrogen-bond donors (Lipinski definition) is 1. The van der Waals surface area contributed by atoms with Gasteiger partial charge in [0, 0.05) is 31.7 Å². The fraction of sp³-hybridized carbons (Fsp3) is 0.647. The van der Waals surface area contributed by atoms with Gasteiger partial charge in [0.05, 0.1) is 11.9 Å².